The minimum Gasteiger partial charge on any atom is -0.487 e. The molecular weight excluding hydrogens is 360 g/mol. The average molecular weight is 384 g/mol. The third-order valence-corrected chi connectivity index (χ3v) is 4.76. The van der Waals surface area contributed by atoms with E-state index in [0.717, 1.165) is 18.4 Å². The van der Waals surface area contributed by atoms with E-state index in [-0.39, 0.29) is 29.0 Å². The molecule has 1 aromatic carbocycles. The number of carbonyl (C=O) groups excluding carboxylic acids is 2. The van der Waals surface area contributed by atoms with Crippen molar-refractivity contribution in [2.24, 2.45) is 0 Å². The molecule has 0 unspecified atom stereocenters. The Balaban J connectivity index is 2.10. The van der Waals surface area contributed by atoms with Gasteiger partial charge in [-0.25, -0.2) is 4.79 Å². The van der Waals surface area contributed by atoms with E-state index in [1.807, 2.05) is 37.3 Å². The number of ether oxygens (including phenoxy) is 2. The predicted molar refractivity (Wildman–Crippen MR) is 104 cm³/mol. The van der Waals surface area contributed by atoms with Gasteiger partial charge in [0.05, 0.1) is 19.8 Å². The van der Waals surface area contributed by atoms with Crippen molar-refractivity contribution in [3.8, 4) is 5.75 Å². The third kappa shape index (κ3) is 3.93. The molecule has 28 heavy (non-hydrogen) atoms. The van der Waals surface area contributed by atoms with E-state index in [0.29, 0.717) is 19.6 Å². The number of pyridine rings is 1. The number of carbonyl (C=O) groups is 2. The number of hydrogen-bond acceptors (Lipinski definition) is 5. The number of rotatable bonds is 7. The van der Waals surface area contributed by atoms with Gasteiger partial charge in [0.1, 0.15) is 5.56 Å². The number of benzene rings is 1. The SMILES string of the molecule is CCCCOc1c2n(cc(C(=O)OC)c1=O)[C@@H](Cc1ccccc1)CNC2=O. The van der Waals surface area contributed by atoms with E-state index < -0.39 is 11.4 Å². The van der Waals surface area contributed by atoms with Crippen LogP contribution in [0.1, 0.15) is 52.2 Å². The summed E-state index contributed by atoms with van der Waals surface area (Å²) < 4.78 is 12.1. The maximum absolute atomic E-state index is 12.8. The number of fused-ring (bicyclic) bond motifs is 1. The summed E-state index contributed by atoms with van der Waals surface area (Å²) in [6.07, 6.45) is 3.66. The molecule has 2 aromatic rings. The number of aromatic nitrogens is 1. The van der Waals surface area contributed by atoms with E-state index in [1.165, 1.54) is 13.3 Å². The lowest BCUT2D eigenvalue weighted by molar-refractivity contribution is 0.0595. The van der Waals surface area contributed by atoms with Gasteiger partial charge in [0.15, 0.2) is 11.4 Å². The predicted octanol–water partition coefficient (Wildman–Crippen LogP) is 2.34. The molecule has 3 rings (SSSR count). The summed E-state index contributed by atoms with van der Waals surface area (Å²) in [6, 6.07) is 9.67. The van der Waals surface area contributed by atoms with Crippen LogP contribution in [0.4, 0.5) is 0 Å². The highest BCUT2D eigenvalue weighted by molar-refractivity contribution is 5.98. The summed E-state index contributed by atoms with van der Waals surface area (Å²) in [6.45, 7) is 2.68. The fraction of sp³-hybridized carbons (Fsp3) is 0.381. The van der Waals surface area contributed by atoms with Crippen molar-refractivity contribution in [2.45, 2.75) is 32.2 Å². The summed E-state index contributed by atoms with van der Waals surface area (Å²) in [4.78, 5) is 37.6. The van der Waals surface area contributed by atoms with Crippen LogP contribution in [0.15, 0.2) is 41.3 Å². The van der Waals surface area contributed by atoms with Crippen LogP contribution in [0.3, 0.4) is 0 Å². The minimum absolute atomic E-state index is 0.0911. The summed E-state index contributed by atoms with van der Waals surface area (Å²) in [7, 11) is 1.22. The lowest BCUT2D eigenvalue weighted by Gasteiger charge is -2.30. The quantitative estimate of drug-likeness (QED) is 0.585. The molecule has 2 heterocycles. The van der Waals surface area contributed by atoms with Crippen molar-refractivity contribution in [1.82, 2.24) is 9.88 Å². The van der Waals surface area contributed by atoms with Crippen LogP contribution in [-0.2, 0) is 11.2 Å². The highest BCUT2D eigenvalue weighted by atomic mass is 16.5. The number of nitrogens with zero attached hydrogens (tertiary/aromatic N) is 1. The highest BCUT2D eigenvalue weighted by Crippen LogP contribution is 2.26. The zero-order valence-electron chi connectivity index (χ0n) is 16.1. The number of amides is 1. The Labute approximate surface area is 163 Å². The molecule has 1 amide bonds. The van der Waals surface area contributed by atoms with Crippen LogP contribution in [0.2, 0.25) is 0 Å². The lowest BCUT2D eigenvalue weighted by atomic mass is 10.0. The van der Waals surface area contributed by atoms with Crippen molar-refractivity contribution in [1.29, 1.82) is 0 Å². The maximum atomic E-state index is 12.8. The molecule has 0 radical (unpaired) electrons. The van der Waals surface area contributed by atoms with Gasteiger partial charge in [-0.05, 0) is 18.4 Å². The fourth-order valence-corrected chi connectivity index (χ4v) is 3.27. The fourth-order valence-electron chi connectivity index (χ4n) is 3.27. The lowest BCUT2D eigenvalue weighted by Crippen LogP contribution is -2.43. The molecule has 148 valence electrons. The van der Waals surface area contributed by atoms with Crippen molar-refractivity contribution < 1.29 is 19.1 Å². The van der Waals surface area contributed by atoms with Crippen LogP contribution in [-0.4, -0.2) is 36.7 Å². The van der Waals surface area contributed by atoms with Gasteiger partial charge in [-0.1, -0.05) is 43.7 Å². The zero-order valence-corrected chi connectivity index (χ0v) is 16.1. The van der Waals surface area contributed by atoms with Gasteiger partial charge in [-0.3, -0.25) is 9.59 Å². The molecule has 0 aliphatic carbocycles. The Morgan fingerprint density at radius 3 is 2.68 bits per heavy atom. The molecule has 1 aromatic heterocycles. The van der Waals surface area contributed by atoms with Crippen LogP contribution in [0.5, 0.6) is 5.75 Å². The maximum Gasteiger partial charge on any atom is 0.343 e. The van der Waals surface area contributed by atoms with E-state index in [9.17, 15) is 14.4 Å². The molecule has 0 saturated heterocycles. The van der Waals surface area contributed by atoms with Crippen LogP contribution < -0.4 is 15.5 Å². The van der Waals surface area contributed by atoms with E-state index >= 15 is 0 Å². The third-order valence-electron chi connectivity index (χ3n) is 4.76. The Kier molecular flexibility index (Phi) is 6.13. The van der Waals surface area contributed by atoms with Crippen molar-refractivity contribution >= 4 is 11.9 Å². The highest BCUT2D eigenvalue weighted by Gasteiger charge is 2.32. The molecule has 0 spiro atoms. The molecule has 7 nitrogen and oxygen atoms in total. The Bertz CT molecular complexity index is 920. The minimum atomic E-state index is -0.745. The largest absolute Gasteiger partial charge is 0.487 e. The average Bonchev–Trinajstić information content (AvgIpc) is 2.71. The number of esters is 1. The van der Waals surface area contributed by atoms with Gasteiger partial charge in [-0.2, -0.15) is 0 Å². The molecule has 0 bridgehead atoms. The standard InChI is InChI=1S/C21H24N2O5/c1-3-4-10-28-19-17-20(25)22-12-15(11-14-8-6-5-7-9-14)23(17)13-16(18(19)24)21(26)27-2/h5-9,13,15H,3-4,10-12H2,1-2H3,(H,22,25)/t15-/m0/s1. The number of nitrogens with one attached hydrogen (secondary N) is 1. The zero-order chi connectivity index (χ0) is 20.1. The topological polar surface area (TPSA) is 86.6 Å². The van der Waals surface area contributed by atoms with Gasteiger partial charge >= 0.3 is 5.97 Å². The van der Waals surface area contributed by atoms with Crippen LogP contribution in [0, 0.1) is 0 Å². The Morgan fingerprint density at radius 2 is 2.00 bits per heavy atom. The van der Waals surface area contributed by atoms with Gasteiger partial charge in [0.2, 0.25) is 5.43 Å². The number of unbranched alkanes of at least 4 members (excludes halogenated alkanes) is 1. The number of hydrogen-bond donors (Lipinski definition) is 1. The summed E-state index contributed by atoms with van der Waals surface area (Å²) in [5.74, 6) is -1.22. The second-order valence-corrected chi connectivity index (χ2v) is 6.70. The van der Waals surface area contributed by atoms with Crippen molar-refractivity contribution in [3.05, 3.63) is 63.6 Å². The number of methoxy groups -OCH3 is 1. The van der Waals surface area contributed by atoms with Gasteiger partial charge in [0, 0.05) is 12.7 Å². The molecular formula is C21H24N2O5. The first-order chi connectivity index (χ1) is 13.6. The molecule has 0 saturated carbocycles. The van der Waals surface area contributed by atoms with E-state index in [4.69, 9.17) is 9.47 Å². The summed E-state index contributed by atoms with van der Waals surface area (Å²) >= 11 is 0. The Morgan fingerprint density at radius 1 is 1.25 bits per heavy atom. The van der Waals surface area contributed by atoms with Crippen molar-refractivity contribution in [2.75, 3.05) is 20.3 Å². The van der Waals surface area contributed by atoms with Crippen molar-refractivity contribution in [3.63, 3.8) is 0 Å². The van der Waals surface area contributed by atoms with Crippen LogP contribution in [0.25, 0.3) is 0 Å². The van der Waals surface area contributed by atoms with Gasteiger partial charge in [-0.15, -0.1) is 0 Å². The first-order valence-electron chi connectivity index (χ1n) is 9.39. The summed E-state index contributed by atoms with van der Waals surface area (Å²) in [5.41, 5.74) is 0.484. The molecule has 1 aliphatic rings. The molecule has 1 atom stereocenters. The molecule has 0 fully saturated rings. The molecule has 1 aliphatic heterocycles. The second-order valence-electron chi connectivity index (χ2n) is 6.70. The summed E-state index contributed by atoms with van der Waals surface area (Å²) in [5, 5.41) is 2.83. The monoisotopic (exact) mass is 384 g/mol. The Hall–Kier alpha value is -3.09. The smallest absolute Gasteiger partial charge is 0.343 e. The van der Waals surface area contributed by atoms with E-state index in [2.05, 4.69) is 5.32 Å². The first-order valence-corrected chi connectivity index (χ1v) is 9.39. The van der Waals surface area contributed by atoms with E-state index in [1.54, 1.807) is 4.57 Å². The normalized spacial score (nSPS) is 15.5. The van der Waals surface area contributed by atoms with Gasteiger partial charge in [0.25, 0.3) is 5.91 Å². The van der Waals surface area contributed by atoms with Crippen LogP contribution >= 0.6 is 0 Å². The first kappa shape index (κ1) is 19.7. The second kappa shape index (κ2) is 8.73. The van der Waals surface area contributed by atoms with Gasteiger partial charge < -0.3 is 19.4 Å². The molecule has 7 heteroatoms. The molecule has 1 N–H and O–H groups in total.